The molecule has 110 valence electrons. The molecule has 8 heteroatoms. The summed E-state index contributed by atoms with van der Waals surface area (Å²) in [6.07, 6.45) is 1.48. The van der Waals surface area contributed by atoms with E-state index in [1.807, 2.05) is 30.3 Å². The van der Waals surface area contributed by atoms with Crippen molar-refractivity contribution in [3.63, 3.8) is 0 Å². The lowest BCUT2D eigenvalue weighted by molar-refractivity contribution is -0.525. The largest absolute Gasteiger partial charge is 0.383 e. The molecule has 6 N–H and O–H groups in total. The quantitative estimate of drug-likeness (QED) is 0.178. The summed E-state index contributed by atoms with van der Waals surface area (Å²) in [6, 6.07) is 9.80. The van der Waals surface area contributed by atoms with Gasteiger partial charge in [0.25, 0.3) is 5.96 Å². The van der Waals surface area contributed by atoms with E-state index < -0.39 is 5.03 Å². The zero-order chi connectivity index (χ0) is 14.8. The van der Waals surface area contributed by atoms with Gasteiger partial charge in [0.1, 0.15) is 0 Å². The summed E-state index contributed by atoms with van der Waals surface area (Å²) in [6.45, 7) is 1.07. The van der Waals surface area contributed by atoms with Crippen molar-refractivity contribution in [3.05, 3.63) is 40.4 Å². The first-order valence-electron chi connectivity index (χ1n) is 6.33. The van der Waals surface area contributed by atoms with Gasteiger partial charge in [0.15, 0.2) is 5.03 Å². The Morgan fingerprint density at radius 3 is 2.75 bits per heavy atom. The number of guanidine groups is 1. The molecule has 0 unspecified atom stereocenters. The standard InChI is InChI=1S/C12H20N6O2/c13-10(9-16-11-6-2-1-3-7-11)5-4-8-15-12(14)17-18(19)20/h1-3,6-7,10,16H,4-5,8-9,13H2,(H3,14,15,17)/t10-/m0/s1. The molecule has 1 rings (SSSR count). The van der Waals surface area contributed by atoms with E-state index in [1.165, 1.54) is 0 Å². The van der Waals surface area contributed by atoms with Crippen LogP contribution >= 0.6 is 0 Å². The summed E-state index contributed by atoms with van der Waals surface area (Å²) in [5.74, 6) is -0.189. The Hall–Kier alpha value is -2.35. The van der Waals surface area contributed by atoms with Gasteiger partial charge >= 0.3 is 0 Å². The maximum Gasteiger partial charge on any atom is 0.251 e. The number of nitro groups is 1. The van der Waals surface area contributed by atoms with E-state index in [4.69, 9.17) is 11.5 Å². The lowest BCUT2D eigenvalue weighted by Gasteiger charge is -2.13. The van der Waals surface area contributed by atoms with Crippen molar-refractivity contribution in [2.45, 2.75) is 18.9 Å². The summed E-state index contributed by atoms with van der Waals surface area (Å²) in [4.78, 5) is 13.9. The molecule has 0 bridgehead atoms. The number of aliphatic imine (C=N–C) groups is 1. The number of rotatable bonds is 8. The van der Waals surface area contributed by atoms with Gasteiger partial charge in [0, 0.05) is 24.8 Å². The van der Waals surface area contributed by atoms with Gasteiger partial charge in [-0.3, -0.25) is 0 Å². The maximum absolute atomic E-state index is 10.1. The van der Waals surface area contributed by atoms with E-state index >= 15 is 0 Å². The van der Waals surface area contributed by atoms with Crippen molar-refractivity contribution in [2.24, 2.45) is 16.5 Å². The third-order valence-electron chi connectivity index (χ3n) is 2.56. The minimum Gasteiger partial charge on any atom is -0.383 e. The van der Waals surface area contributed by atoms with Crippen LogP contribution in [0.3, 0.4) is 0 Å². The van der Waals surface area contributed by atoms with Crippen LogP contribution in [0.4, 0.5) is 5.69 Å². The first-order chi connectivity index (χ1) is 9.58. The molecule has 0 radical (unpaired) electrons. The number of anilines is 1. The van der Waals surface area contributed by atoms with Gasteiger partial charge in [-0.15, -0.1) is 0 Å². The first-order valence-corrected chi connectivity index (χ1v) is 6.33. The topological polar surface area (TPSA) is 132 Å². The van der Waals surface area contributed by atoms with Gasteiger partial charge in [0.05, 0.1) is 0 Å². The highest BCUT2D eigenvalue weighted by Gasteiger charge is 2.03. The van der Waals surface area contributed by atoms with Crippen LogP contribution in [0, 0.1) is 10.1 Å². The molecule has 0 heterocycles. The molecule has 1 aromatic rings. The zero-order valence-electron chi connectivity index (χ0n) is 11.2. The van der Waals surface area contributed by atoms with Crippen LogP contribution in [-0.2, 0) is 0 Å². The summed E-state index contributed by atoms with van der Waals surface area (Å²) in [5.41, 5.74) is 14.0. The van der Waals surface area contributed by atoms with Gasteiger partial charge in [-0.2, -0.15) is 0 Å². The van der Waals surface area contributed by atoms with Gasteiger partial charge in [0.2, 0.25) is 0 Å². The average molecular weight is 280 g/mol. The molecular weight excluding hydrogens is 260 g/mol. The van der Waals surface area contributed by atoms with E-state index in [2.05, 4.69) is 10.3 Å². The second-order valence-electron chi connectivity index (χ2n) is 4.29. The second-order valence-corrected chi connectivity index (χ2v) is 4.29. The molecule has 0 aliphatic heterocycles. The average Bonchev–Trinajstić information content (AvgIpc) is 2.42. The molecule has 1 aromatic carbocycles. The summed E-state index contributed by atoms with van der Waals surface area (Å²) >= 11 is 0. The highest BCUT2D eigenvalue weighted by atomic mass is 16.7. The molecule has 0 saturated carbocycles. The van der Waals surface area contributed by atoms with Crippen LogP contribution in [0.5, 0.6) is 0 Å². The van der Waals surface area contributed by atoms with E-state index in [1.54, 1.807) is 5.43 Å². The molecule has 0 fully saturated rings. The predicted octanol–water partition coefficient (Wildman–Crippen LogP) is 0.302. The highest BCUT2D eigenvalue weighted by molar-refractivity contribution is 5.76. The minimum atomic E-state index is -0.742. The van der Waals surface area contributed by atoms with E-state index in [0.29, 0.717) is 13.1 Å². The van der Waals surface area contributed by atoms with Crippen molar-refractivity contribution in [1.29, 1.82) is 0 Å². The highest BCUT2D eigenvalue weighted by Crippen LogP contribution is 2.05. The van der Waals surface area contributed by atoms with Crippen molar-refractivity contribution in [1.82, 2.24) is 5.43 Å². The number of nitrogens with two attached hydrogens (primary N) is 2. The molecule has 0 amide bonds. The molecule has 0 aliphatic rings. The fraction of sp³-hybridized carbons (Fsp3) is 0.417. The van der Waals surface area contributed by atoms with Crippen LogP contribution in [0.15, 0.2) is 35.3 Å². The Labute approximate surface area is 117 Å². The van der Waals surface area contributed by atoms with Crippen molar-refractivity contribution >= 4 is 11.6 Å². The first kappa shape index (κ1) is 15.7. The molecule has 8 nitrogen and oxygen atoms in total. The van der Waals surface area contributed by atoms with Crippen molar-refractivity contribution in [2.75, 3.05) is 18.4 Å². The van der Waals surface area contributed by atoms with Crippen LogP contribution in [0.2, 0.25) is 0 Å². The summed E-state index contributed by atoms with van der Waals surface area (Å²) in [5, 5.41) is 12.6. The predicted molar refractivity (Wildman–Crippen MR) is 78.8 cm³/mol. The van der Waals surface area contributed by atoms with Gasteiger partial charge in [-0.05, 0) is 25.0 Å². The SMILES string of the molecule is NC(=NCCC[C@H](N)CNc1ccccc1)N[N+](=O)[O-]. The number of benzene rings is 1. The lowest BCUT2D eigenvalue weighted by Crippen LogP contribution is -2.36. The smallest absolute Gasteiger partial charge is 0.251 e. The molecule has 0 aromatic heterocycles. The maximum atomic E-state index is 10.1. The second kappa shape index (κ2) is 8.70. The Kier molecular flexibility index (Phi) is 6.83. The third kappa shape index (κ3) is 7.17. The summed E-state index contributed by atoms with van der Waals surface area (Å²) in [7, 11) is 0. The van der Waals surface area contributed by atoms with Crippen LogP contribution in [0.25, 0.3) is 0 Å². The number of nitrogens with one attached hydrogen (secondary N) is 2. The Balaban J connectivity index is 2.14. The molecule has 0 aliphatic carbocycles. The fourth-order valence-electron chi connectivity index (χ4n) is 1.59. The van der Waals surface area contributed by atoms with Gasteiger partial charge in [-0.1, -0.05) is 23.6 Å². The van der Waals surface area contributed by atoms with Crippen LogP contribution in [0.1, 0.15) is 12.8 Å². The van der Waals surface area contributed by atoms with Gasteiger partial charge in [-0.25, -0.2) is 15.1 Å². The zero-order valence-corrected chi connectivity index (χ0v) is 11.2. The monoisotopic (exact) mass is 280 g/mol. The van der Waals surface area contributed by atoms with E-state index in [0.717, 1.165) is 18.5 Å². The Bertz CT molecular complexity index is 437. The Morgan fingerprint density at radius 1 is 1.40 bits per heavy atom. The summed E-state index contributed by atoms with van der Waals surface area (Å²) < 4.78 is 0. The molecule has 1 atom stereocenters. The number of hydrogen-bond donors (Lipinski definition) is 4. The Morgan fingerprint density at radius 2 is 2.10 bits per heavy atom. The molecular formula is C12H20N6O2. The fourth-order valence-corrected chi connectivity index (χ4v) is 1.59. The van der Waals surface area contributed by atoms with Gasteiger partial charge < -0.3 is 16.8 Å². The van der Waals surface area contributed by atoms with Crippen LogP contribution in [-0.4, -0.2) is 30.1 Å². The van der Waals surface area contributed by atoms with Crippen molar-refractivity contribution in [3.8, 4) is 0 Å². The third-order valence-corrected chi connectivity index (χ3v) is 2.56. The molecule has 20 heavy (non-hydrogen) atoms. The van der Waals surface area contributed by atoms with Crippen LogP contribution < -0.4 is 22.2 Å². The molecule has 0 spiro atoms. The van der Waals surface area contributed by atoms with E-state index in [9.17, 15) is 10.1 Å². The number of hydrazine groups is 1. The number of hydrogen-bond acceptors (Lipinski definition) is 5. The lowest BCUT2D eigenvalue weighted by atomic mass is 10.1. The minimum absolute atomic E-state index is 0.00453. The normalized spacial score (nSPS) is 12.8. The molecule has 0 saturated heterocycles. The number of para-hydroxylation sites is 1. The number of nitrogens with zero attached hydrogens (tertiary/aromatic N) is 2. The van der Waals surface area contributed by atoms with Crippen molar-refractivity contribution < 1.29 is 5.03 Å². The van der Waals surface area contributed by atoms with E-state index in [-0.39, 0.29) is 12.0 Å².